The quantitative estimate of drug-likeness (QED) is 0.674. The summed E-state index contributed by atoms with van der Waals surface area (Å²) in [4.78, 5) is 12.2. The number of nitrogens with zero attached hydrogens (tertiary/aromatic N) is 2. The average molecular weight is 409 g/mol. The molecule has 2 aromatic rings. The SMILES string of the molecule is Cl.O=C(NCC1CNCC1O)c1cnn(-c2ccc(F)cc2)c1C(F)(F)F. The van der Waals surface area contributed by atoms with E-state index in [2.05, 4.69) is 15.7 Å². The summed E-state index contributed by atoms with van der Waals surface area (Å²) in [6, 6.07) is 4.29. The Balaban J connectivity index is 0.00000261. The van der Waals surface area contributed by atoms with Gasteiger partial charge in [0, 0.05) is 25.6 Å². The van der Waals surface area contributed by atoms with Gasteiger partial charge in [-0.05, 0) is 24.3 Å². The van der Waals surface area contributed by atoms with Crippen LogP contribution >= 0.6 is 12.4 Å². The Kier molecular flexibility index (Phi) is 6.45. The van der Waals surface area contributed by atoms with Gasteiger partial charge in [-0.1, -0.05) is 0 Å². The van der Waals surface area contributed by atoms with Gasteiger partial charge in [-0.3, -0.25) is 4.79 Å². The molecule has 3 rings (SSSR count). The van der Waals surface area contributed by atoms with Crippen molar-refractivity contribution in [1.29, 1.82) is 0 Å². The van der Waals surface area contributed by atoms with E-state index >= 15 is 0 Å². The maximum atomic E-state index is 13.5. The van der Waals surface area contributed by atoms with E-state index in [4.69, 9.17) is 0 Å². The van der Waals surface area contributed by atoms with Gasteiger partial charge in [0.15, 0.2) is 5.69 Å². The summed E-state index contributed by atoms with van der Waals surface area (Å²) in [5.41, 5.74) is -1.90. The van der Waals surface area contributed by atoms with E-state index in [1.54, 1.807) is 0 Å². The van der Waals surface area contributed by atoms with Crippen molar-refractivity contribution in [3.05, 3.63) is 47.5 Å². The normalized spacial score (nSPS) is 19.6. The number of aromatic nitrogens is 2. The summed E-state index contributed by atoms with van der Waals surface area (Å²) in [7, 11) is 0. The number of amides is 1. The lowest BCUT2D eigenvalue weighted by Crippen LogP contribution is -2.35. The fraction of sp³-hybridized carbons (Fsp3) is 0.375. The van der Waals surface area contributed by atoms with Crippen LogP contribution < -0.4 is 10.6 Å². The summed E-state index contributed by atoms with van der Waals surface area (Å²) < 4.78 is 54.1. The lowest BCUT2D eigenvalue weighted by Gasteiger charge is -2.15. The molecular formula is C16H17ClF4N4O2. The first kappa shape index (κ1) is 21.1. The minimum Gasteiger partial charge on any atom is -0.391 e. The zero-order valence-corrected chi connectivity index (χ0v) is 14.6. The van der Waals surface area contributed by atoms with Gasteiger partial charge in [0.1, 0.15) is 5.82 Å². The number of nitrogens with one attached hydrogen (secondary N) is 2. The number of halogens is 5. The molecule has 1 aliphatic rings. The number of hydrogen-bond donors (Lipinski definition) is 3. The standard InChI is InChI=1S/C16H16F4N4O2.ClH/c17-10-1-3-11(4-2-10)24-14(16(18,19)20)12(7-23-24)15(26)22-6-9-5-21-8-13(9)25;/h1-4,7,9,13,21,25H,5-6,8H2,(H,22,26);1H. The number of carbonyl (C=O) groups is 1. The van der Waals surface area contributed by atoms with Crippen LogP contribution in [0.5, 0.6) is 0 Å². The molecule has 3 N–H and O–H groups in total. The highest BCUT2D eigenvalue weighted by Gasteiger charge is 2.40. The Morgan fingerprint density at radius 1 is 1.30 bits per heavy atom. The number of aliphatic hydroxyl groups is 1. The van der Waals surface area contributed by atoms with Gasteiger partial charge in [0.05, 0.1) is 23.6 Å². The van der Waals surface area contributed by atoms with E-state index in [1.165, 1.54) is 0 Å². The fourth-order valence-electron chi connectivity index (χ4n) is 2.81. The van der Waals surface area contributed by atoms with Crippen LogP contribution in [0, 0.1) is 11.7 Å². The first-order chi connectivity index (χ1) is 12.3. The summed E-state index contributed by atoms with van der Waals surface area (Å²) in [6.45, 7) is 0.866. The molecule has 1 aromatic carbocycles. The van der Waals surface area contributed by atoms with Crippen LogP contribution in [-0.4, -0.2) is 46.5 Å². The molecule has 0 spiro atoms. The van der Waals surface area contributed by atoms with Gasteiger partial charge in [0.2, 0.25) is 0 Å². The van der Waals surface area contributed by atoms with Crippen molar-refractivity contribution in [3.63, 3.8) is 0 Å². The van der Waals surface area contributed by atoms with Gasteiger partial charge >= 0.3 is 6.18 Å². The van der Waals surface area contributed by atoms with Crippen molar-refractivity contribution < 1.29 is 27.5 Å². The third-order valence-corrected chi connectivity index (χ3v) is 4.18. The highest BCUT2D eigenvalue weighted by atomic mass is 35.5. The van der Waals surface area contributed by atoms with Crippen LogP contribution in [0.25, 0.3) is 5.69 Å². The Hall–Kier alpha value is -2.17. The number of hydrogen-bond acceptors (Lipinski definition) is 4. The Morgan fingerprint density at radius 3 is 2.52 bits per heavy atom. The molecule has 1 saturated heterocycles. The highest BCUT2D eigenvalue weighted by molar-refractivity contribution is 5.95. The zero-order chi connectivity index (χ0) is 18.9. The van der Waals surface area contributed by atoms with Gasteiger partial charge in [-0.25, -0.2) is 9.07 Å². The summed E-state index contributed by atoms with van der Waals surface area (Å²) in [6.07, 6.45) is -4.68. The molecule has 2 unspecified atom stereocenters. The van der Waals surface area contributed by atoms with E-state index in [0.29, 0.717) is 17.8 Å². The second-order valence-electron chi connectivity index (χ2n) is 5.99. The van der Waals surface area contributed by atoms with E-state index in [-0.39, 0.29) is 30.6 Å². The summed E-state index contributed by atoms with van der Waals surface area (Å²) in [5.74, 6) is -1.82. The predicted octanol–water partition coefficient (Wildman–Crippen LogP) is 1.76. The van der Waals surface area contributed by atoms with Crippen LogP contribution in [0.3, 0.4) is 0 Å². The summed E-state index contributed by atoms with van der Waals surface area (Å²) >= 11 is 0. The number of aliphatic hydroxyl groups excluding tert-OH is 1. The number of rotatable bonds is 4. The predicted molar refractivity (Wildman–Crippen MR) is 90.5 cm³/mol. The van der Waals surface area contributed by atoms with E-state index < -0.39 is 35.3 Å². The zero-order valence-electron chi connectivity index (χ0n) is 13.8. The first-order valence-electron chi connectivity index (χ1n) is 7.85. The van der Waals surface area contributed by atoms with Crippen molar-refractivity contribution in [2.75, 3.05) is 19.6 Å². The van der Waals surface area contributed by atoms with Crippen LogP contribution in [0.1, 0.15) is 16.1 Å². The number of alkyl halides is 3. The van der Waals surface area contributed by atoms with E-state index in [9.17, 15) is 27.5 Å². The number of β-amino-alcohol motifs (C(OH)–C–C–N with tert-alkyl or cyclic N) is 1. The highest BCUT2D eigenvalue weighted by Crippen LogP contribution is 2.33. The fourth-order valence-corrected chi connectivity index (χ4v) is 2.81. The van der Waals surface area contributed by atoms with Crippen molar-refractivity contribution in [2.24, 2.45) is 5.92 Å². The van der Waals surface area contributed by atoms with E-state index in [0.717, 1.165) is 30.5 Å². The molecule has 0 radical (unpaired) electrons. The first-order valence-corrected chi connectivity index (χ1v) is 7.85. The molecule has 1 fully saturated rings. The Bertz CT molecular complexity index is 795. The molecule has 148 valence electrons. The molecule has 6 nitrogen and oxygen atoms in total. The molecule has 1 amide bonds. The lowest BCUT2D eigenvalue weighted by molar-refractivity contribution is -0.143. The lowest BCUT2D eigenvalue weighted by atomic mass is 10.1. The summed E-state index contributed by atoms with van der Waals surface area (Å²) in [5, 5.41) is 18.7. The van der Waals surface area contributed by atoms with Crippen molar-refractivity contribution >= 4 is 18.3 Å². The maximum Gasteiger partial charge on any atom is 0.434 e. The van der Waals surface area contributed by atoms with Crippen LogP contribution in [0.15, 0.2) is 30.5 Å². The molecule has 0 bridgehead atoms. The Morgan fingerprint density at radius 2 is 1.96 bits per heavy atom. The van der Waals surface area contributed by atoms with Crippen molar-refractivity contribution in [1.82, 2.24) is 20.4 Å². The number of carbonyl (C=O) groups excluding carboxylic acids is 1. The molecule has 0 saturated carbocycles. The second kappa shape index (κ2) is 8.24. The number of benzene rings is 1. The largest absolute Gasteiger partial charge is 0.434 e. The second-order valence-corrected chi connectivity index (χ2v) is 5.99. The van der Waals surface area contributed by atoms with Crippen molar-refractivity contribution in [2.45, 2.75) is 12.3 Å². The molecular weight excluding hydrogens is 392 g/mol. The smallest absolute Gasteiger partial charge is 0.391 e. The van der Waals surface area contributed by atoms with Crippen molar-refractivity contribution in [3.8, 4) is 5.69 Å². The average Bonchev–Trinajstić information content (AvgIpc) is 3.19. The molecule has 11 heteroatoms. The molecule has 1 aromatic heterocycles. The Labute approximate surface area is 158 Å². The van der Waals surface area contributed by atoms with Gasteiger partial charge in [-0.15, -0.1) is 12.4 Å². The monoisotopic (exact) mass is 408 g/mol. The molecule has 2 atom stereocenters. The molecule has 0 aliphatic carbocycles. The van der Waals surface area contributed by atoms with Crippen LogP contribution in [0.4, 0.5) is 17.6 Å². The van der Waals surface area contributed by atoms with Gasteiger partial charge in [-0.2, -0.15) is 18.3 Å². The van der Waals surface area contributed by atoms with E-state index in [1.807, 2.05) is 0 Å². The van der Waals surface area contributed by atoms with Gasteiger partial charge < -0.3 is 15.7 Å². The van der Waals surface area contributed by atoms with Gasteiger partial charge in [0.25, 0.3) is 5.91 Å². The van der Waals surface area contributed by atoms with Crippen LogP contribution in [0.2, 0.25) is 0 Å². The maximum absolute atomic E-state index is 13.5. The third-order valence-electron chi connectivity index (χ3n) is 4.18. The molecule has 1 aliphatic heterocycles. The minimum atomic E-state index is -4.84. The van der Waals surface area contributed by atoms with Crippen LogP contribution in [-0.2, 0) is 6.18 Å². The minimum absolute atomic E-state index is 0. The topological polar surface area (TPSA) is 79.2 Å². The molecule has 27 heavy (non-hydrogen) atoms. The third kappa shape index (κ3) is 4.57. The molecule has 2 heterocycles.